The van der Waals surface area contributed by atoms with Crippen molar-refractivity contribution >= 4 is 39.1 Å². The number of anilines is 2. The minimum atomic E-state index is -0.196. The van der Waals surface area contributed by atoms with Crippen molar-refractivity contribution in [1.29, 1.82) is 0 Å². The molecule has 2 N–H and O–H groups in total. The maximum absolute atomic E-state index is 12.2. The highest BCUT2D eigenvalue weighted by Gasteiger charge is 2.07. The first kappa shape index (κ1) is 20.6. The Morgan fingerprint density at radius 1 is 0.828 bits per heavy atom. The van der Waals surface area contributed by atoms with E-state index in [1.807, 2.05) is 42.5 Å². The van der Waals surface area contributed by atoms with Gasteiger partial charge in [-0.15, -0.1) is 0 Å². The number of halogens is 1. The zero-order valence-electron chi connectivity index (χ0n) is 15.7. The smallest absolute Gasteiger partial charge is 0.255 e. The average Bonchev–Trinajstić information content (AvgIpc) is 2.73. The van der Waals surface area contributed by atoms with E-state index in [1.165, 1.54) is 0 Å². The van der Waals surface area contributed by atoms with Crippen molar-refractivity contribution in [3.8, 4) is 5.75 Å². The summed E-state index contributed by atoms with van der Waals surface area (Å²) in [6, 6.07) is 23.7. The topological polar surface area (TPSA) is 67.4 Å². The molecule has 2 amide bonds. The van der Waals surface area contributed by atoms with Gasteiger partial charge in [-0.25, -0.2) is 0 Å². The highest BCUT2D eigenvalue weighted by molar-refractivity contribution is 9.10. The molecule has 0 aliphatic carbocycles. The Bertz CT molecular complexity index is 977. The fraction of sp³-hybridized carbons (Fsp3) is 0.130. The van der Waals surface area contributed by atoms with E-state index in [4.69, 9.17) is 4.74 Å². The lowest BCUT2D eigenvalue weighted by molar-refractivity contribution is -0.116. The van der Waals surface area contributed by atoms with Gasteiger partial charge in [0.05, 0.1) is 11.1 Å². The Morgan fingerprint density at radius 2 is 1.52 bits per heavy atom. The van der Waals surface area contributed by atoms with Crippen LogP contribution in [0.2, 0.25) is 0 Å². The summed E-state index contributed by atoms with van der Waals surface area (Å²) in [6.07, 6.45) is 0.933. The molecule has 0 aromatic heterocycles. The number of benzene rings is 3. The summed E-state index contributed by atoms with van der Waals surface area (Å²) in [5.74, 6) is 0.459. The summed E-state index contributed by atoms with van der Waals surface area (Å²) in [5.41, 5.74) is 1.83. The molecule has 3 aromatic rings. The van der Waals surface area contributed by atoms with Crippen LogP contribution in [-0.2, 0) is 4.79 Å². The molecule has 0 radical (unpaired) electrons. The Labute approximate surface area is 178 Å². The standard InChI is InChI=1S/C23H21BrN2O3/c24-20-12-4-5-13-21(20)29-15-7-14-22(27)25-18-10-6-11-19(16-18)26-23(28)17-8-2-1-3-9-17/h1-6,8-13,16H,7,14-15H2,(H,25,27)(H,26,28). The molecule has 3 rings (SSSR count). The first-order chi connectivity index (χ1) is 14.1. The summed E-state index contributed by atoms with van der Waals surface area (Å²) < 4.78 is 6.56. The van der Waals surface area contributed by atoms with E-state index in [-0.39, 0.29) is 11.8 Å². The van der Waals surface area contributed by atoms with E-state index in [0.29, 0.717) is 36.4 Å². The number of carbonyl (C=O) groups excluding carboxylic acids is 2. The highest BCUT2D eigenvalue weighted by atomic mass is 79.9. The molecule has 0 saturated carbocycles. The third kappa shape index (κ3) is 6.47. The normalized spacial score (nSPS) is 10.2. The van der Waals surface area contributed by atoms with E-state index < -0.39 is 0 Å². The van der Waals surface area contributed by atoms with Crippen LogP contribution in [0.4, 0.5) is 11.4 Å². The van der Waals surface area contributed by atoms with Crippen LogP contribution in [0.5, 0.6) is 5.75 Å². The van der Waals surface area contributed by atoms with Gasteiger partial charge in [0.1, 0.15) is 5.75 Å². The molecule has 0 atom stereocenters. The lowest BCUT2D eigenvalue weighted by atomic mass is 10.2. The lowest BCUT2D eigenvalue weighted by Crippen LogP contribution is -2.14. The Balaban J connectivity index is 1.46. The number of carbonyl (C=O) groups is 2. The molecule has 5 nitrogen and oxygen atoms in total. The third-order valence-corrected chi connectivity index (χ3v) is 4.74. The van der Waals surface area contributed by atoms with Gasteiger partial charge in [0.25, 0.3) is 5.91 Å². The Kier molecular flexibility index (Phi) is 7.41. The number of amides is 2. The Hall–Kier alpha value is -3.12. The number of ether oxygens (including phenoxy) is 1. The Morgan fingerprint density at radius 3 is 2.28 bits per heavy atom. The van der Waals surface area contributed by atoms with Gasteiger partial charge in [-0.3, -0.25) is 9.59 Å². The highest BCUT2D eigenvalue weighted by Crippen LogP contribution is 2.24. The number of rotatable bonds is 8. The predicted molar refractivity (Wildman–Crippen MR) is 118 cm³/mol. The molecule has 0 heterocycles. The zero-order chi connectivity index (χ0) is 20.5. The maximum atomic E-state index is 12.2. The summed E-state index contributed by atoms with van der Waals surface area (Å²) in [5, 5.41) is 5.68. The number of nitrogens with one attached hydrogen (secondary N) is 2. The largest absolute Gasteiger partial charge is 0.492 e. The predicted octanol–water partition coefficient (Wildman–Crippen LogP) is 5.50. The van der Waals surface area contributed by atoms with Crippen molar-refractivity contribution in [3.05, 3.63) is 88.9 Å². The van der Waals surface area contributed by atoms with Crippen molar-refractivity contribution in [2.45, 2.75) is 12.8 Å². The molecule has 0 aliphatic heterocycles. The van der Waals surface area contributed by atoms with Crippen LogP contribution in [0.15, 0.2) is 83.3 Å². The number of hydrogen-bond donors (Lipinski definition) is 2. The van der Waals surface area contributed by atoms with Gasteiger partial charge < -0.3 is 15.4 Å². The van der Waals surface area contributed by atoms with Crippen molar-refractivity contribution in [2.24, 2.45) is 0 Å². The number of hydrogen-bond acceptors (Lipinski definition) is 3. The zero-order valence-corrected chi connectivity index (χ0v) is 17.3. The van der Waals surface area contributed by atoms with Gasteiger partial charge >= 0.3 is 0 Å². The van der Waals surface area contributed by atoms with E-state index in [2.05, 4.69) is 26.6 Å². The van der Waals surface area contributed by atoms with Crippen LogP contribution in [0.25, 0.3) is 0 Å². The summed E-state index contributed by atoms with van der Waals surface area (Å²) >= 11 is 3.43. The second-order valence-electron chi connectivity index (χ2n) is 6.33. The summed E-state index contributed by atoms with van der Waals surface area (Å²) in [6.45, 7) is 0.448. The molecule has 29 heavy (non-hydrogen) atoms. The van der Waals surface area contributed by atoms with Crippen molar-refractivity contribution in [2.75, 3.05) is 17.2 Å². The SMILES string of the molecule is O=C(CCCOc1ccccc1Br)Nc1cccc(NC(=O)c2ccccc2)c1. The van der Waals surface area contributed by atoms with Gasteiger partial charge in [0, 0.05) is 23.4 Å². The summed E-state index contributed by atoms with van der Waals surface area (Å²) in [4.78, 5) is 24.4. The molecule has 0 spiro atoms. The second-order valence-corrected chi connectivity index (χ2v) is 7.19. The van der Waals surface area contributed by atoms with Crippen LogP contribution in [-0.4, -0.2) is 18.4 Å². The fourth-order valence-electron chi connectivity index (χ4n) is 2.67. The van der Waals surface area contributed by atoms with Gasteiger partial charge in [-0.1, -0.05) is 36.4 Å². The van der Waals surface area contributed by atoms with Crippen molar-refractivity contribution in [3.63, 3.8) is 0 Å². The molecule has 0 fully saturated rings. The van der Waals surface area contributed by atoms with Crippen LogP contribution < -0.4 is 15.4 Å². The monoisotopic (exact) mass is 452 g/mol. The van der Waals surface area contributed by atoms with Crippen molar-refractivity contribution < 1.29 is 14.3 Å². The average molecular weight is 453 g/mol. The van der Waals surface area contributed by atoms with E-state index >= 15 is 0 Å². The quantitative estimate of drug-likeness (QED) is 0.443. The van der Waals surface area contributed by atoms with Crippen molar-refractivity contribution in [1.82, 2.24) is 0 Å². The molecule has 0 saturated heterocycles. The van der Waals surface area contributed by atoms with Gasteiger partial charge in [0.2, 0.25) is 5.91 Å². The van der Waals surface area contributed by atoms with Crippen LogP contribution in [0.1, 0.15) is 23.2 Å². The molecule has 0 unspecified atom stereocenters. The van der Waals surface area contributed by atoms with E-state index in [1.54, 1.807) is 36.4 Å². The van der Waals surface area contributed by atoms with Gasteiger partial charge in [0.15, 0.2) is 0 Å². The molecular weight excluding hydrogens is 432 g/mol. The first-order valence-corrected chi connectivity index (χ1v) is 10.0. The van der Waals surface area contributed by atoms with Crippen LogP contribution in [0, 0.1) is 0 Å². The third-order valence-electron chi connectivity index (χ3n) is 4.08. The fourth-order valence-corrected chi connectivity index (χ4v) is 3.07. The minimum Gasteiger partial charge on any atom is -0.492 e. The number of para-hydroxylation sites is 1. The lowest BCUT2D eigenvalue weighted by Gasteiger charge is -2.10. The van der Waals surface area contributed by atoms with Gasteiger partial charge in [-0.2, -0.15) is 0 Å². The minimum absolute atomic E-state index is 0.104. The summed E-state index contributed by atoms with van der Waals surface area (Å²) in [7, 11) is 0. The van der Waals surface area contributed by atoms with Crippen LogP contribution in [0.3, 0.4) is 0 Å². The first-order valence-electron chi connectivity index (χ1n) is 9.25. The van der Waals surface area contributed by atoms with Gasteiger partial charge in [-0.05, 0) is 64.8 Å². The van der Waals surface area contributed by atoms with Crippen LogP contribution >= 0.6 is 15.9 Å². The second kappa shape index (κ2) is 10.4. The molecule has 6 heteroatoms. The molecule has 148 valence electrons. The van der Waals surface area contributed by atoms with E-state index in [9.17, 15) is 9.59 Å². The molecular formula is C23H21BrN2O3. The molecule has 0 aliphatic rings. The van der Waals surface area contributed by atoms with E-state index in [0.717, 1.165) is 10.2 Å². The maximum Gasteiger partial charge on any atom is 0.255 e. The molecule has 3 aromatic carbocycles. The molecule has 0 bridgehead atoms.